The van der Waals surface area contributed by atoms with Gasteiger partial charge in [0.05, 0.1) is 11.9 Å². The van der Waals surface area contributed by atoms with Gasteiger partial charge in [0.15, 0.2) is 5.82 Å². The van der Waals surface area contributed by atoms with Gasteiger partial charge in [-0.25, -0.2) is 0 Å². The molecule has 4 nitrogen and oxygen atoms in total. The van der Waals surface area contributed by atoms with Gasteiger partial charge in [-0.15, -0.1) is 11.8 Å². The van der Waals surface area contributed by atoms with Gasteiger partial charge in [-0.05, 0) is 26.0 Å². The zero-order valence-electron chi connectivity index (χ0n) is 11.3. The summed E-state index contributed by atoms with van der Waals surface area (Å²) in [7, 11) is 0. The molecule has 5 heteroatoms. The van der Waals surface area contributed by atoms with Crippen molar-refractivity contribution in [3.8, 4) is 11.5 Å². The van der Waals surface area contributed by atoms with E-state index in [4.69, 9.17) is 4.52 Å². The molecule has 2 aromatic rings. The summed E-state index contributed by atoms with van der Waals surface area (Å²) in [5, 5.41) is 13.5. The van der Waals surface area contributed by atoms with Gasteiger partial charge < -0.3 is 9.63 Å². The Bertz CT molecular complexity index is 522. The Morgan fingerprint density at radius 3 is 2.58 bits per heavy atom. The number of aliphatic hydroxyl groups is 1. The molecule has 1 N–H and O–H groups in total. The molecule has 0 aliphatic carbocycles. The third-order valence-corrected chi connectivity index (χ3v) is 4.27. The normalized spacial score (nSPS) is 14.3. The van der Waals surface area contributed by atoms with E-state index in [0.717, 1.165) is 5.56 Å². The average molecular weight is 278 g/mol. The third-order valence-electron chi connectivity index (χ3n) is 2.92. The second-order valence-corrected chi connectivity index (χ2v) is 6.00. The van der Waals surface area contributed by atoms with Gasteiger partial charge in [0.2, 0.25) is 0 Å². The Kier molecular flexibility index (Phi) is 4.61. The van der Waals surface area contributed by atoms with Crippen LogP contribution in [0.25, 0.3) is 11.5 Å². The molecule has 19 heavy (non-hydrogen) atoms. The smallest absolute Gasteiger partial charge is 0.257 e. The SMILES string of the molecule is Cc1ccc(-c2nc(CSC(C)C(C)O)no2)cc1. The van der Waals surface area contributed by atoms with Crippen molar-refractivity contribution >= 4 is 11.8 Å². The first kappa shape index (κ1) is 14.1. The van der Waals surface area contributed by atoms with Gasteiger partial charge >= 0.3 is 0 Å². The quantitative estimate of drug-likeness (QED) is 0.911. The first-order valence-electron chi connectivity index (χ1n) is 6.25. The number of aryl methyl sites for hydroxylation is 1. The molecule has 0 saturated heterocycles. The van der Waals surface area contributed by atoms with Crippen LogP contribution in [-0.4, -0.2) is 26.6 Å². The molecular weight excluding hydrogens is 260 g/mol. The number of rotatable bonds is 5. The van der Waals surface area contributed by atoms with Crippen LogP contribution in [0.2, 0.25) is 0 Å². The fourth-order valence-corrected chi connectivity index (χ4v) is 2.28. The lowest BCUT2D eigenvalue weighted by molar-refractivity contribution is 0.196. The summed E-state index contributed by atoms with van der Waals surface area (Å²) in [6.07, 6.45) is -0.339. The van der Waals surface area contributed by atoms with Crippen molar-refractivity contribution in [3.63, 3.8) is 0 Å². The molecule has 0 bridgehead atoms. The second kappa shape index (κ2) is 6.21. The Hall–Kier alpha value is -1.33. The first-order valence-corrected chi connectivity index (χ1v) is 7.30. The lowest BCUT2D eigenvalue weighted by Gasteiger charge is -2.11. The number of hydrogen-bond acceptors (Lipinski definition) is 5. The molecule has 0 amide bonds. The molecular formula is C14H18N2O2S. The maximum Gasteiger partial charge on any atom is 0.257 e. The number of nitrogens with zero attached hydrogens (tertiary/aromatic N) is 2. The van der Waals surface area contributed by atoms with E-state index < -0.39 is 0 Å². The van der Waals surface area contributed by atoms with Crippen LogP contribution in [0, 0.1) is 6.92 Å². The highest BCUT2D eigenvalue weighted by Crippen LogP contribution is 2.22. The van der Waals surface area contributed by atoms with Crippen LogP contribution in [0.15, 0.2) is 28.8 Å². The van der Waals surface area contributed by atoms with Crippen molar-refractivity contribution in [2.24, 2.45) is 0 Å². The van der Waals surface area contributed by atoms with Crippen molar-refractivity contribution in [2.45, 2.75) is 37.9 Å². The minimum absolute atomic E-state index is 0.154. The molecule has 0 spiro atoms. The molecule has 2 unspecified atom stereocenters. The number of hydrogen-bond donors (Lipinski definition) is 1. The molecule has 2 rings (SSSR count). The largest absolute Gasteiger partial charge is 0.392 e. The molecule has 0 aliphatic rings. The van der Waals surface area contributed by atoms with E-state index in [1.807, 2.05) is 38.1 Å². The summed E-state index contributed by atoms with van der Waals surface area (Å²) in [5.41, 5.74) is 2.13. The lowest BCUT2D eigenvalue weighted by atomic mass is 10.1. The fraction of sp³-hybridized carbons (Fsp3) is 0.429. The van der Waals surface area contributed by atoms with Crippen LogP contribution in [0.1, 0.15) is 25.2 Å². The minimum atomic E-state index is -0.339. The first-order chi connectivity index (χ1) is 9.06. The van der Waals surface area contributed by atoms with E-state index >= 15 is 0 Å². The zero-order chi connectivity index (χ0) is 13.8. The van der Waals surface area contributed by atoms with Gasteiger partial charge in [-0.1, -0.05) is 29.8 Å². The fourth-order valence-electron chi connectivity index (χ4n) is 1.47. The average Bonchev–Trinajstić information content (AvgIpc) is 2.85. The van der Waals surface area contributed by atoms with Crippen LogP contribution in [0.3, 0.4) is 0 Å². The minimum Gasteiger partial charge on any atom is -0.392 e. The number of aromatic nitrogens is 2. The van der Waals surface area contributed by atoms with E-state index in [9.17, 15) is 5.11 Å². The van der Waals surface area contributed by atoms with Gasteiger partial charge in [-0.2, -0.15) is 4.98 Å². The molecule has 0 saturated carbocycles. The summed E-state index contributed by atoms with van der Waals surface area (Å²) in [4.78, 5) is 4.36. The molecule has 1 heterocycles. The lowest BCUT2D eigenvalue weighted by Crippen LogP contribution is -2.15. The third kappa shape index (κ3) is 3.81. The van der Waals surface area contributed by atoms with Crippen LogP contribution in [-0.2, 0) is 5.75 Å². The Morgan fingerprint density at radius 1 is 1.26 bits per heavy atom. The zero-order valence-corrected chi connectivity index (χ0v) is 12.1. The molecule has 0 radical (unpaired) electrons. The summed E-state index contributed by atoms with van der Waals surface area (Å²) in [6, 6.07) is 7.98. The molecule has 0 fully saturated rings. The summed E-state index contributed by atoms with van der Waals surface area (Å²) in [5.74, 6) is 1.84. The highest BCUT2D eigenvalue weighted by molar-refractivity contribution is 7.99. The van der Waals surface area contributed by atoms with Crippen molar-refractivity contribution in [1.29, 1.82) is 0 Å². The monoisotopic (exact) mass is 278 g/mol. The van der Waals surface area contributed by atoms with E-state index in [-0.39, 0.29) is 11.4 Å². The standard InChI is InChI=1S/C14H18N2O2S/c1-9-4-6-12(7-5-9)14-15-13(16-18-14)8-19-11(3)10(2)17/h4-7,10-11,17H,8H2,1-3H3. The second-order valence-electron chi connectivity index (χ2n) is 4.64. The molecule has 1 aromatic carbocycles. The molecule has 102 valence electrons. The number of thioether (sulfide) groups is 1. The van der Waals surface area contributed by atoms with Crippen LogP contribution in [0.4, 0.5) is 0 Å². The van der Waals surface area contributed by atoms with Gasteiger partial charge in [0.25, 0.3) is 5.89 Å². The summed E-state index contributed by atoms with van der Waals surface area (Å²) in [6.45, 7) is 5.80. The van der Waals surface area contributed by atoms with Crippen molar-refractivity contribution in [3.05, 3.63) is 35.7 Å². The van der Waals surface area contributed by atoms with Gasteiger partial charge in [-0.3, -0.25) is 0 Å². The molecule has 0 aliphatic heterocycles. The maximum absolute atomic E-state index is 9.42. The summed E-state index contributed by atoms with van der Waals surface area (Å²) >= 11 is 1.61. The van der Waals surface area contributed by atoms with E-state index in [2.05, 4.69) is 10.1 Å². The molecule has 2 atom stereocenters. The Balaban J connectivity index is 2.01. The highest BCUT2D eigenvalue weighted by Gasteiger charge is 2.13. The van der Waals surface area contributed by atoms with Crippen LogP contribution in [0.5, 0.6) is 0 Å². The topological polar surface area (TPSA) is 59.2 Å². The Labute approximate surface area is 117 Å². The Morgan fingerprint density at radius 2 is 1.95 bits per heavy atom. The van der Waals surface area contributed by atoms with E-state index in [1.165, 1.54) is 5.56 Å². The van der Waals surface area contributed by atoms with E-state index in [0.29, 0.717) is 17.5 Å². The predicted molar refractivity (Wildman–Crippen MR) is 76.9 cm³/mol. The number of aliphatic hydroxyl groups excluding tert-OH is 1. The van der Waals surface area contributed by atoms with Crippen molar-refractivity contribution < 1.29 is 9.63 Å². The van der Waals surface area contributed by atoms with Crippen molar-refractivity contribution in [2.75, 3.05) is 0 Å². The molecule has 1 aromatic heterocycles. The highest BCUT2D eigenvalue weighted by atomic mass is 32.2. The van der Waals surface area contributed by atoms with Gasteiger partial charge in [0.1, 0.15) is 0 Å². The van der Waals surface area contributed by atoms with E-state index in [1.54, 1.807) is 18.7 Å². The summed E-state index contributed by atoms with van der Waals surface area (Å²) < 4.78 is 5.25. The predicted octanol–water partition coefficient (Wildman–Crippen LogP) is 3.05. The number of benzene rings is 1. The maximum atomic E-state index is 9.42. The van der Waals surface area contributed by atoms with Crippen molar-refractivity contribution in [1.82, 2.24) is 10.1 Å². The van der Waals surface area contributed by atoms with Crippen LogP contribution < -0.4 is 0 Å². The van der Waals surface area contributed by atoms with Gasteiger partial charge in [0, 0.05) is 10.8 Å². The van der Waals surface area contributed by atoms with Crippen LogP contribution >= 0.6 is 11.8 Å².